The number of nitrogens with zero attached hydrogens (tertiary/aromatic N) is 2. The highest BCUT2D eigenvalue weighted by molar-refractivity contribution is 5.84. The lowest BCUT2D eigenvalue weighted by atomic mass is 10.0. The van der Waals surface area contributed by atoms with Crippen LogP contribution in [0.4, 0.5) is 5.69 Å². The molecule has 5 nitrogen and oxygen atoms in total. The van der Waals surface area contributed by atoms with Crippen LogP contribution in [0.2, 0.25) is 0 Å². The zero-order valence-corrected chi connectivity index (χ0v) is 13.1. The van der Waals surface area contributed by atoms with E-state index in [4.69, 9.17) is 5.73 Å². The number of aromatic nitrogens is 2. The maximum absolute atomic E-state index is 11.9. The minimum absolute atomic E-state index is 0.0788. The van der Waals surface area contributed by atoms with Crippen LogP contribution < -0.4 is 5.73 Å². The van der Waals surface area contributed by atoms with Gasteiger partial charge in [-0.15, -0.1) is 0 Å². The minimum Gasteiger partial charge on any atom is -0.480 e. The van der Waals surface area contributed by atoms with E-state index in [-0.39, 0.29) is 5.92 Å². The topological polar surface area (TPSA) is 81.1 Å². The van der Waals surface area contributed by atoms with Crippen molar-refractivity contribution in [1.29, 1.82) is 0 Å². The molecule has 23 heavy (non-hydrogen) atoms. The monoisotopic (exact) mass is 309 g/mol. The highest BCUT2D eigenvalue weighted by atomic mass is 16.4. The molecule has 1 atom stereocenters. The average molecular weight is 309 g/mol. The van der Waals surface area contributed by atoms with Crippen molar-refractivity contribution in [3.05, 3.63) is 48.5 Å². The highest BCUT2D eigenvalue weighted by Crippen LogP contribution is 2.32. The van der Waals surface area contributed by atoms with Crippen LogP contribution in [-0.2, 0) is 4.79 Å². The molecule has 0 spiro atoms. The summed E-state index contributed by atoms with van der Waals surface area (Å²) in [7, 11) is 0. The Balaban J connectivity index is 2.33. The molecule has 3 rings (SSSR count). The molecule has 1 unspecified atom stereocenters. The Morgan fingerprint density at radius 3 is 2.57 bits per heavy atom. The predicted molar refractivity (Wildman–Crippen MR) is 91.1 cm³/mol. The third-order valence-corrected chi connectivity index (χ3v) is 3.90. The molecule has 3 N–H and O–H groups in total. The molecule has 0 amide bonds. The van der Waals surface area contributed by atoms with E-state index in [9.17, 15) is 9.90 Å². The van der Waals surface area contributed by atoms with Crippen LogP contribution in [0.15, 0.2) is 48.5 Å². The van der Waals surface area contributed by atoms with Crippen molar-refractivity contribution in [3.8, 4) is 11.4 Å². The van der Waals surface area contributed by atoms with Crippen LogP contribution in [0.3, 0.4) is 0 Å². The Hall–Kier alpha value is -2.82. The molecule has 118 valence electrons. The van der Waals surface area contributed by atoms with Gasteiger partial charge in [0.1, 0.15) is 11.9 Å². The summed E-state index contributed by atoms with van der Waals surface area (Å²) in [5.41, 5.74) is 8.90. The molecule has 2 aromatic carbocycles. The number of imidazole rings is 1. The van der Waals surface area contributed by atoms with Gasteiger partial charge in [0.25, 0.3) is 0 Å². The number of anilines is 1. The standard InChI is InChI=1S/C18H19N3O2/c1-11(2)16(18(22)23)21-15-9-4-3-8-14(15)20-17(21)12-6-5-7-13(19)10-12/h3-11,16H,19H2,1-2H3,(H,22,23). The van der Waals surface area contributed by atoms with Gasteiger partial charge >= 0.3 is 5.97 Å². The third-order valence-electron chi connectivity index (χ3n) is 3.90. The lowest BCUT2D eigenvalue weighted by Gasteiger charge is -2.21. The van der Waals surface area contributed by atoms with Gasteiger partial charge in [-0.3, -0.25) is 0 Å². The first-order valence-electron chi connectivity index (χ1n) is 7.54. The number of para-hydroxylation sites is 2. The summed E-state index contributed by atoms with van der Waals surface area (Å²) in [6.45, 7) is 3.80. The van der Waals surface area contributed by atoms with Crippen LogP contribution in [0.5, 0.6) is 0 Å². The number of carboxylic acids is 1. The van der Waals surface area contributed by atoms with Crippen LogP contribution in [0, 0.1) is 5.92 Å². The molecule has 1 aromatic heterocycles. The number of benzene rings is 2. The summed E-state index contributed by atoms with van der Waals surface area (Å²) in [6.07, 6.45) is 0. The number of rotatable bonds is 4. The summed E-state index contributed by atoms with van der Waals surface area (Å²) in [5.74, 6) is -0.321. The molecule has 0 saturated heterocycles. The van der Waals surface area contributed by atoms with Crippen LogP contribution in [0.25, 0.3) is 22.4 Å². The molecular weight excluding hydrogens is 290 g/mol. The van der Waals surface area contributed by atoms with Gasteiger partial charge in [-0.2, -0.15) is 0 Å². The second kappa shape index (κ2) is 5.76. The van der Waals surface area contributed by atoms with E-state index in [0.29, 0.717) is 11.5 Å². The average Bonchev–Trinajstić information content (AvgIpc) is 2.86. The quantitative estimate of drug-likeness (QED) is 0.722. The summed E-state index contributed by atoms with van der Waals surface area (Å²) >= 11 is 0. The van der Waals surface area contributed by atoms with E-state index in [1.165, 1.54) is 0 Å². The van der Waals surface area contributed by atoms with Crippen molar-refractivity contribution in [3.63, 3.8) is 0 Å². The molecule has 0 saturated carbocycles. The zero-order chi connectivity index (χ0) is 16.6. The summed E-state index contributed by atoms with van der Waals surface area (Å²) < 4.78 is 1.80. The van der Waals surface area contributed by atoms with Gasteiger partial charge in [-0.1, -0.05) is 38.1 Å². The number of hydrogen-bond donors (Lipinski definition) is 2. The first kappa shape index (κ1) is 15.1. The van der Waals surface area contributed by atoms with Crippen molar-refractivity contribution in [2.24, 2.45) is 5.92 Å². The molecule has 0 bridgehead atoms. The van der Waals surface area contributed by atoms with Crippen molar-refractivity contribution < 1.29 is 9.90 Å². The molecule has 1 heterocycles. The van der Waals surface area contributed by atoms with Gasteiger partial charge in [0, 0.05) is 11.3 Å². The lowest BCUT2D eigenvalue weighted by molar-refractivity contribution is -0.142. The largest absolute Gasteiger partial charge is 0.480 e. The van der Waals surface area contributed by atoms with Crippen LogP contribution in [-0.4, -0.2) is 20.6 Å². The maximum atomic E-state index is 11.9. The van der Waals surface area contributed by atoms with Gasteiger partial charge in [0.05, 0.1) is 11.0 Å². The number of carbonyl (C=O) groups is 1. The number of fused-ring (bicyclic) bond motifs is 1. The second-order valence-corrected chi connectivity index (χ2v) is 5.95. The SMILES string of the molecule is CC(C)C(C(=O)O)n1c(-c2cccc(N)c2)nc2ccccc21. The second-order valence-electron chi connectivity index (χ2n) is 5.95. The molecular formula is C18H19N3O2. The van der Waals surface area contributed by atoms with Crippen LogP contribution >= 0.6 is 0 Å². The van der Waals surface area contributed by atoms with Gasteiger partial charge < -0.3 is 15.4 Å². The van der Waals surface area contributed by atoms with E-state index < -0.39 is 12.0 Å². The van der Waals surface area contributed by atoms with Gasteiger partial charge in [-0.05, 0) is 30.2 Å². The fraction of sp³-hybridized carbons (Fsp3) is 0.222. The highest BCUT2D eigenvalue weighted by Gasteiger charge is 2.28. The van der Waals surface area contributed by atoms with E-state index in [2.05, 4.69) is 4.98 Å². The predicted octanol–water partition coefficient (Wildman–Crippen LogP) is 3.57. The number of hydrogen-bond acceptors (Lipinski definition) is 3. The molecule has 0 aliphatic carbocycles. The number of aliphatic carboxylic acids is 1. The Kier molecular flexibility index (Phi) is 3.78. The number of carboxylic acid groups (broad SMARTS) is 1. The fourth-order valence-corrected chi connectivity index (χ4v) is 2.90. The first-order valence-corrected chi connectivity index (χ1v) is 7.54. The Bertz CT molecular complexity index is 868. The molecule has 0 radical (unpaired) electrons. The van der Waals surface area contributed by atoms with E-state index in [1.54, 1.807) is 10.6 Å². The minimum atomic E-state index is -0.867. The van der Waals surface area contributed by atoms with Crippen LogP contribution in [0.1, 0.15) is 19.9 Å². The molecule has 5 heteroatoms. The Labute approximate surface area is 134 Å². The number of nitrogen functional groups attached to an aromatic ring is 1. The van der Waals surface area contributed by atoms with Gasteiger partial charge in [0.15, 0.2) is 0 Å². The Morgan fingerprint density at radius 1 is 1.17 bits per heavy atom. The summed E-state index contributed by atoms with van der Waals surface area (Å²) in [5, 5.41) is 9.73. The smallest absolute Gasteiger partial charge is 0.327 e. The molecule has 0 aliphatic rings. The number of nitrogens with two attached hydrogens (primary N) is 1. The summed E-state index contributed by atoms with van der Waals surface area (Å²) in [4.78, 5) is 16.5. The normalized spacial score (nSPS) is 12.7. The van der Waals surface area contributed by atoms with E-state index in [0.717, 1.165) is 16.6 Å². The van der Waals surface area contributed by atoms with E-state index in [1.807, 2.05) is 56.3 Å². The van der Waals surface area contributed by atoms with E-state index >= 15 is 0 Å². The van der Waals surface area contributed by atoms with Crippen molar-refractivity contribution in [2.45, 2.75) is 19.9 Å². The summed E-state index contributed by atoms with van der Waals surface area (Å²) in [6, 6.07) is 14.2. The van der Waals surface area contributed by atoms with Crippen molar-refractivity contribution >= 4 is 22.7 Å². The third kappa shape index (κ3) is 2.65. The fourth-order valence-electron chi connectivity index (χ4n) is 2.90. The molecule has 0 fully saturated rings. The van der Waals surface area contributed by atoms with Crippen molar-refractivity contribution in [1.82, 2.24) is 9.55 Å². The van der Waals surface area contributed by atoms with Gasteiger partial charge in [-0.25, -0.2) is 9.78 Å². The van der Waals surface area contributed by atoms with Crippen molar-refractivity contribution in [2.75, 3.05) is 5.73 Å². The van der Waals surface area contributed by atoms with Gasteiger partial charge in [0.2, 0.25) is 0 Å². The zero-order valence-electron chi connectivity index (χ0n) is 13.1. The Morgan fingerprint density at radius 2 is 1.91 bits per heavy atom. The lowest BCUT2D eigenvalue weighted by Crippen LogP contribution is -2.24. The maximum Gasteiger partial charge on any atom is 0.327 e. The molecule has 0 aliphatic heterocycles. The molecule has 3 aromatic rings. The first-order chi connectivity index (χ1) is 11.0.